The molecule has 5 nitrogen and oxygen atoms in total. The van der Waals surface area contributed by atoms with Crippen LogP contribution in [0.2, 0.25) is 0 Å². The minimum atomic E-state index is -0.981. The highest BCUT2D eigenvalue weighted by Gasteiger charge is 2.28. The summed E-state index contributed by atoms with van der Waals surface area (Å²) in [6.45, 7) is 1.58. The molecule has 1 fully saturated rings. The fourth-order valence-corrected chi connectivity index (χ4v) is 2.72. The zero-order valence-corrected chi connectivity index (χ0v) is 12.2. The van der Waals surface area contributed by atoms with Crippen molar-refractivity contribution in [3.05, 3.63) is 29.8 Å². The number of rotatable bonds is 6. The van der Waals surface area contributed by atoms with Crippen molar-refractivity contribution in [2.75, 3.05) is 13.2 Å². The first kappa shape index (κ1) is 15.4. The standard InChI is InChI=1S/C16H21NO4/c1-12-5-4-8-14(9-12)21-11-15(18)17(10-16(19)20)13-6-2-3-7-13/h4-5,8-9,13H,2-3,6-7,10-11H2,1H3,(H,19,20). The van der Waals surface area contributed by atoms with E-state index in [9.17, 15) is 9.59 Å². The third-order valence-electron chi connectivity index (χ3n) is 3.74. The van der Waals surface area contributed by atoms with Gasteiger partial charge in [-0.1, -0.05) is 25.0 Å². The average molecular weight is 291 g/mol. The van der Waals surface area contributed by atoms with Crippen LogP contribution in [0, 0.1) is 6.92 Å². The fraction of sp³-hybridized carbons (Fsp3) is 0.500. The number of carbonyl (C=O) groups is 2. The van der Waals surface area contributed by atoms with Crippen molar-refractivity contribution in [3.63, 3.8) is 0 Å². The lowest BCUT2D eigenvalue weighted by molar-refractivity contribution is -0.147. The maximum atomic E-state index is 12.3. The van der Waals surface area contributed by atoms with Crippen molar-refractivity contribution in [1.82, 2.24) is 4.90 Å². The third-order valence-corrected chi connectivity index (χ3v) is 3.74. The molecule has 1 aromatic rings. The molecule has 0 bridgehead atoms. The molecule has 1 aliphatic carbocycles. The number of hydrogen-bond acceptors (Lipinski definition) is 3. The van der Waals surface area contributed by atoms with Gasteiger partial charge in [0.15, 0.2) is 6.61 Å². The van der Waals surface area contributed by atoms with E-state index < -0.39 is 5.97 Å². The summed E-state index contributed by atoms with van der Waals surface area (Å²) < 4.78 is 5.49. The Kier molecular flexibility index (Phi) is 5.20. The zero-order valence-electron chi connectivity index (χ0n) is 12.2. The number of ether oxygens (including phenoxy) is 1. The minimum Gasteiger partial charge on any atom is -0.484 e. The number of carboxylic acids is 1. The molecule has 1 saturated carbocycles. The van der Waals surface area contributed by atoms with Gasteiger partial charge in [0.25, 0.3) is 5.91 Å². The van der Waals surface area contributed by atoms with Crippen LogP contribution >= 0.6 is 0 Å². The Labute approximate surface area is 124 Å². The molecule has 114 valence electrons. The monoisotopic (exact) mass is 291 g/mol. The molecule has 1 aromatic carbocycles. The summed E-state index contributed by atoms with van der Waals surface area (Å²) >= 11 is 0. The number of benzene rings is 1. The average Bonchev–Trinajstić information content (AvgIpc) is 2.96. The van der Waals surface area contributed by atoms with Gasteiger partial charge >= 0.3 is 5.97 Å². The Morgan fingerprint density at radius 1 is 1.33 bits per heavy atom. The van der Waals surface area contributed by atoms with Gasteiger partial charge < -0.3 is 14.7 Å². The van der Waals surface area contributed by atoms with E-state index in [2.05, 4.69) is 0 Å². The lowest BCUT2D eigenvalue weighted by Gasteiger charge is -2.27. The summed E-state index contributed by atoms with van der Waals surface area (Å²) in [6, 6.07) is 7.49. The fourth-order valence-electron chi connectivity index (χ4n) is 2.72. The van der Waals surface area contributed by atoms with Gasteiger partial charge in [-0.05, 0) is 37.5 Å². The van der Waals surface area contributed by atoms with Crippen LogP contribution in [0.5, 0.6) is 5.75 Å². The highest BCUT2D eigenvalue weighted by atomic mass is 16.5. The topological polar surface area (TPSA) is 66.8 Å². The van der Waals surface area contributed by atoms with Gasteiger partial charge in [0.05, 0.1) is 0 Å². The van der Waals surface area contributed by atoms with E-state index in [1.54, 1.807) is 6.07 Å². The maximum absolute atomic E-state index is 12.3. The number of carbonyl (C=O) groups excluding carboxylic acids is 1. The zero-order chi connectivity index (χ0) is 15.2. The van der Waals surface area contributed by atoms with Crippen LogP contribution in [0.3, 0.4) is 0 Å². The van der Waals surface area contributed by atoms with E-state index in [-0.39, 0.29) is 25.1 Å². The van der Waals surface area contributed by atoms with Gasteiger partial charge in [0.1, 0.15) is 12.3 Å². The van der Waals surface area contributed by atoms with Gasteiger partial charge in [0, 0.05) is 6.04 Å². The second kappa shape index (κ2) is 7.11. The molecule has 0 aliphatic heterocycles. The van der Waals surface area contributed by atoms with Crippen LogP contribution in [0.1, 0.15) is 31.2 Å². The molecule has 2 rings (SSSR count). The van der Waals surface area contributed by atoms with E-state index in [4.69, 9.17) is 9.84 Å². The van der Waals surface area contributed by atoms with Crippen molar-refractivity contribution in [2.45, 2.75) is 38.6 Å². The van der Waals surface area contributed by atoms with Gasteiger partial charge in [0.2, 0.25) is 0 Å². The van der Waals surface area contributed by atoms with Gasteiger partial charge in [-0.25, -0.2) is 0 Å². The van der Waals surface area contributed by atoms with Crippen LogP contribution in [0.4, 0.5) is 0 Å². The Hall–Kier alpha value is -2.04. The van der Waals surface area contributed by atoms with E-state index in [0.717, 1.165) is 31.2 Å². The molecule has 21 heavy (non-hydrogen) atoms. The summed E-state index contributed by atoms with van der Waals surface area (Å²) in [7, 11) is 0. The van der Waals surface area contributed by atoms with Crippen molar-refractivity contribution in [1.29, 1.82) is 0 Å². The summed E-state index contributed by atoms with van der Waals surface area (Å²) in [6.07, 6.45) is 3.85. The first-order valence-corrected chi connectivity index (χ1v) is 7.27. The number of carboxylic acid groups (broad SMARTS) is 1. The first-order valence-electron chi connectivity index (χ1n) is 7.27. The van der Waals surface area contributed by atoms with E-state index in [0.29, 0.717) is 5.75 Å². The third kappa shape index (κ3) is 4.48. The molecular weight excluding hydrogens is 270 g/mol. The number of nitrogens with zero attached hydrogens (tertiary/aromatic N) is 1. The molecule has 0 unspecified atom stereocenters. The van der Waals surface area contributed by atoms with Crippen LogP contribution in [-0.2, 0) is 9.59 Å². The Morgan fingerprint density at radius 2 is 2.05 bits per heavy atom. The number of aliphatic carboxylic acids is 1. The Morgan fingerprint density at radius 3 is 2.67 bits per heavy atom. The first-order chi connectivity index (χ1) is 10.1. The number of hydrogen-bond donors (Lipinski definition) is 1. The molecule has 0 aromatic heterocycles. The minimum absolute atomic E-state index is 0.0368. The summed E-state index contributed by atoms with van der Waals surface area (Å²) in [5.41, 5.74) is 1.05. The molecular formula is C16H21NO4. The predicted octanol–water partition coefficient (Wildman–Crippen LogP) is 2.23. The molecule has 1 aliphatic rings. The summed E-state index contributed by atoms with van der Waals surface area (Å²) in [4.78, 5) is 24.7. The SMILES string of the molecule is Cc1cccc(OCC(=O)N(CC(=O)O)C2CCCC2)c1. The Balaban J connectivity index is 1.95. The van der Waals surface area contributed by atoms with Gasteiger partial charge in [-0.15, -0.1) is 0 Å². The molecule has 1 amide bonds. The largest absolute Gasteiger partial charge is 0.484 e. The lowest BCUT2D eigenvalue weighted by Crippen LogP contribution is -2.44. The van der Waals surface area contributed by atoms with Crippen LogP contribution in [-0.4, -0.2) is 41.1 Å². The molecule has 0 saturated heterocycles. The van der Waals surface area contributed by atoms with Crippen LogP contribution in [0.15, 0.2) is 24.3 Å². The summed E-state index contributed by atoms with van der Waals surface area (Å²) in [5.74, 6) is -0.610. The Bertz CT molecular complexity index is 509. The molecule has 0 spiro atoms. The van der Waals surface area contributed by atoms with E-state index >= 15 is 0 Å². The molecule has 0 atom stereocenters. The lowest BCUT2D eigenvalue weighted by atomic mass is 10.2. The normalized spacial score (nSPS) is 14.9. The second-order valence-corrected chi connectivity index (χ2v) is 5.46. The molecule has 0 radical (unpaired) electrons. The van der Waals surface area contributed by atoms with Crippen molar-refractivity contribution in [2.24, 2.45) is 0 Å². The van der Waals surface area contributed by atoms with Crippen molar-refractivity contribution >= 4 is 11.9 Å². The molecule has 5 heteroatoms. The molecule has 1 N–H and O–H groups in total. The van der Waals surface area contributed by atoms with Crippen molar-refractivity contribution < 1.29 is 19.4 Å². The number of aryl methyl sites for hydroxylation is 1. The highest BCUT2D eigenvalue weighted by Crippen LogP contribution is 2.23. The van der Waals surface area contributed by atoms with Crippen LogP contribution in [0.25, 0.3) is 0 Å². The number of amides is 1. The van der Waals surface area contributed by atoms with Gasteiger partial charge in [-0.2, -0.15) is 0 Å². The maximum Gasteiger partial charge on any atom is 0.323 e. The summed E-state index contributed by atoms with van der Waals surface area (Å²) in [5, 5.41) is 8.98. The van der Waals surface area contributed by atoms with Crippen molar-refractivity contribution in [3.8, 4) is 5.75 Å². The quantitative estimate of drug-likeness (QED) is 0.872. The van der Waals surface area contributed by atoms with Gasteiger partial charge in [-0.3, -0.25) is 9.59 Å². The van der Waals surface area contributed by atoms with E-state index in [1.807, 2.05) is 25.1 Å². The highest BCUT2D eigenvalue weighted by molar-refractivity contribution is 5.82. The van der Waals surface area contributed by atoms with E-state index in [1.165, 1.54) is 4.90 Å². The van der Waals surface area contributed by atoms with Crippen LogP contribution < -0.4 is 4.74 Å². The smallest absolute Gasteiger partial charge is 0.323 e. The predicted molar refractivity (Wildman–Crippen MR) is 78.3 cm³/mol. The second-order valence-electron chi connectivity index (χ2n) is 5.46. The molecule has 0 heterocycles.